The van der Waals surface area contributed by atoms with Crippen molar-refractivity contribution >= 4 is 54.2 Å². The Hall–Kier alpha value is -17.9. The minimum Gasteiger partial charge on any atom is -0.537 e. The predicted molar refractivity (Wildman–Crippen MR) is 614 cm³/mol. The maximum atomic E-state index is 8.84. The van der Waals surface area contributed by atoms with Crippen molar-refractivity contribution in [2.24, 2.45) is 0 Å². The highest BCUT2D eigenvalue weighted by molar-refractivity contribution is 6.18. The largest absolute Gasteiger partial charge is 0.569 e. The van der Waals surface area contributed by atoms with Gasteiger partial charge >= 0.3 is 15.4 Å². The first-order valence-electron chi connectivity index (χ1n) is 50.8. The summed E-state index contributed by atoms with van der Waals surface area (Å²) >= 11 is 0. The van der Waals surface area contributed by atoms with Crippen LogP contribution in [-0.2, 0) is 35.5 Å². The van der Waals surface area contributed by atoms with Gasteiger partial charge in [-0.2, -0.15) is 0 Å². The Labute approximate surface area is 868 Å². The first-order valence-corrected chi connectivity index (χ1v) is 50.8. The van der Waals surface area contributed by atoms with Crippen molar-refractivity contribution in [2.45, 2.75) is 49.4 Å². The fourth-order valence-electron chi connectivity index (χ4n) is 23.1. The van der Waals surface area contributed by atoms with Gasteiger partial charge < -0.3 is 28.8 Å². The van der Waals surface area contributed by atoms with Crippen molar-refractivity contribution < 1.29 is 19.4 Å². The molecule has 23 aromatic rings. The summed E-state index contributed by atoms with van der Waals surface area (Å²) in [5.74, 6) is 1.20. The number of para-hydroxylation sites is 4. The first kappa shape index (κ1) is 93.7. The van der Waals surface area contributed by atoms with E-state index in [0.29, 0.717) is 26.9 Å². The van der Waals surface area contributed by atoms with Crippen LogP contribution in [0.4, 0.5) is 17.1 Å². The van der Waals surface area contributed by atoms with Crippen LogP contribution in [0.25, 0.3) is 105 Å². The van der Waals surface area contributed by atoms with E-state index in [4.69, 9.17) is 19.4 Å². The molecule has 4 aliphatic rings. The van der Waals surface area contributed by atoms with Crippen LogP contribution in [-0.4, -0.2) is 30.0 Å². The van der Waals surface area contributed by atoms with Gasteiger partial charge in [-0.05, 0) is 259 Å². The molecule has 4 aliphatic carbocycles. The van der Waals surface area contributed by atoms with Gasteiger partial charge in [-0.3, -0.25) is 0 Å². The van der Waals surface area contributed by atoms with Crippen molar-refractivity contribution in [3.05, 3.63) is 647 Å². The van der Waals surface area contributed by atoms with Gasteiger partial charge in [0.2, 0.25) is 0 Å². The van der Waals surface area contributed by atoms with E-state index in [0.717, 1.165) is 63.8 Å². The molecule has 27 rings (SSSR count). The monoisotopic (exact) mass is 1900 g/mol. The standard InChI is InChI=1S/C38H26.C38H28.C28H24.C18H13BNO2.C18H15BNO2/c1-2-10-28(11-3-1)29-21-18-26(19-22-29)24-27-20-23-33-32-14-6-9-17-36(32)38(37(33)25-27)34-15-7-4-12-30(34)31-13-5-8-16-35(31)38;1-4-12-30(13-5-1)31-23-20-28(21-24-31)26-29-22-25-35-34-18-10-11-19-36(34)38(37(35)27-29,32-14-6-2-7-15-32)33-16-8-3-9-17-33;1-28(2)26-11-7-6-10-24(26)25-17-14-21(19-27(25)28)18-20-12-15-23(16-13-20)22-8-4-3-5-9-22;21-19-22-14-10-11-18-16(12-14)15-8-4-5-9-17(15)20(18)13-6-2-1-3-7-13;21-19-22-18-13-7-12-17(14-18)20(15-8-3-1-4-9-15)16-10-5-2-6-11-16/h1-23,25H,24H2;1-25,27H,26H2;3-17,19H,18H2,1-2H3;1-12,21H;1-14,21H. The Morgan fingerprint density at radius 1 is 0.216 bits per heavy atom. The highest BCUT2D eigenvalue weighted by atomic mass is 16.5. The molecule has 0 unspecified atom stereocenters. The van der Waals surface area contributed by atoms with E-state index in [-0.39, 0.29) is 16.2 Å². The van der Waals surface area contributed by atoms with Gasteiger partial charge in [-0.1, -0.05) is 493 Å². The highest BCUT2D eigenvalue weighted by Gasteiger charge is 2.52. The van der Waals surface area contributed by atoms with E-state index in [1.807, 2.05) is 103 Å². The number of aromatic nitrogens is 1. The lowest BCUT2D eigenvalue weighted by molar-refractivity contribution is 0.453. The molecule has 6 nitrogen and oxygen atoms in total. The van der Waals surface area contributed by atoms with Crippen LogP contribution in [0, 0.1) is 0 Å². The number of benzene rings is 22. The first-order chi connectivity index (χ1) is 73.1. The maximum Gasteiger partial charge on any atom is 0.569 e. The summed E-state index contributed by atoms with van der Waals surface area (Å²) in [6, 6.07) is 199. The molecule has 1 aromatic heterocycles. The molecule has 2 N–H and O–H groups in total. The fourth-order valence-corrected chi connectivity index (χ4v) is 23.1. The zero-order valence-electron chi connectivity index (χ0n) is 82.5. The summed E-state index contributed by atoms with van der Waals surface area (Å²) in [5.41, 5.74) is 46.3. The quantitative estimate of drug-likeness (QED) is 0.0790. The summed E-state index contributed by atoms with van der Waals surface area (Å²) in [6.45, 7) is 4.69. The van der Waals surface area contributed by atoms with E-state index >= 15 is 0 Å². The molecule has 0 atom stereocenters. The van der Waals surface area contributed by atoms with Crippen molar-refractivity contribution in [3.63, 3.8) is 0 Å². The Morgan fingerprint density at radius 3 is 0.932 bits per heavy atom. The second-order valence-corrected chi connectivity index (χ2v) is 38.8. The fraction of sp³-hybridized carbons (Fsp3) is 0.0571. The molecule has 1 heterocycles. The average Bonchev–Trinajstić information content (AvgIpc) is 1.50. The van der Waals surface area contributed by atoms with Gasteiger partial charge in [0.25, 0.3) is 0 Å². The van der Waals surface area contributed by atoms with Gasteiger partial charge in [-0.25, -0.2) is 0 Å². The van der Waals surface area contributed by atoms with Gasteiger partial charge in [0.15, 0.2) is 0 Å². The maximum absolute atomic E-state index is 8.84. The smallest absolute Gasteiger partial charge is 0.537 e. The molecule has 1 spiro atoms. The Bertz CT molecular complexity index is 8300. The van der Waals surface area contributed by atoms with Crippen LogP contribution < -0.4 is 14.2 Å². The van der Waals surface area contributed by atoms with Crippen LogP contribution in [0.2, 0.25) is 0 Å². The molecule has 8 heteroatoms. The molecule has 0 saturated carbocycles. The normalized spacial score (nSPS) is 12.6. The summed E-state index contributed by atoms with van der Waals surface area (Å²) < 4.78 is 12.4. The summed E-state index contributed by atoms with van der Waals surface area (Å²) in [7, 11) is 1.39. The number of hydrogen-bond acceptors (Lipinski definition) is 5. The molecule has 706 valence electrons. The number of rotatable bonds is 19. The summed E-state index contributed by atoms with van der Waals surface area (Å²) in [4.78, 5) is 2.13. The third-order valence-electron chi connectivity index (χ3n) is 29.8. The third-order valence-corrected chi connectivity index (χ3v) is 29.8. The second kappa shape index (κ2) is 41.8. The molecular formula is C140H106B2N2O4. The predicted octanol–water partition coefficient (Wildman–Crippen LogP) is 33.6. The molecule has 0 aliphatic heterocycles. The average molecular weight is 1900 g/mol. The topological polar surface area (TPSA) is 67.1 Å². The molecule has 0 bridgehead atoms. The molecule has 0 amide bonds. The van der Waals surface area contributed by atoms with Crippen LogP contribution in [0.1, 0.15) is 103 Å². The second-order valence-electron chi connectivity index (χ2n) is 38.8. The molecule has 0 saturated heterocycles. The number of hydrogen-bond donors (Lipinski definition) is 2. The van der Waals surface area contributed by atoms with Crippen molar-refractivity contribution in [2.75, 3.05) is 4.90 Å². The van der Waals surface area contributed by atoms with E-state index in [9.17, 15) is 0 Å². The molecule has 0 fully saturated rings. The van der Waals surface area contributed by atoms with Crippen molar-refractivity contribution in [1.29, 1.82) is 0 Å². The number of nitrogens with zero attached hydrogens (tertiary/aromatic N) is 2. The minimum absolute atomic E-state index is 0.0686. The van der Waals surface area contributed by atoms with Crippen molar-refractivity contribution in [3.8, 4) is 95.1 Å². The van der Waals surface area contributed by atoms with Gasteiger partial charge in [0.1, 0.15) is 11.5 Å². The minimum atomic E-state index is -0.346. The SMILES string of the molecule is CC1(C)c2ccccc2-c2ccc(Cc3ccc(-c4ccccc4)cc3)cc21.O[B]Oc1ccc2c(c1)c1ccccc1n2-c1ccccc1.O[B]Oc1cccc(N(c2ccccc2)c2ccccc2)c1.c1ccc(-c2ccc(Cc3ccc4c(c3)C(c3ccccc3)(c3ccccc3)c3ccccc3-4)cc2)cc1.c1ccc(-c2ccc(Cc3ccc4c(c3)C3(c5ccccc5-c5ccccc53)c3ccccc3-4)cc2)cc1. The van der Waals surface area contributed by atoms with Gasteiger partial charge in [0, 0.05) is 45.0 Å². The lowest BCUT2D eigenvalue weighted by Gasteiger charge is -2.34. The molecule has 22 aromatic carbocycles. The van der Waals surface area contributed by atoms with Crippen molar-refractivity contribution in [1.82, 2.24) is 4.57 Å². The summed E-state index contributed by atoms with van der Waals surface area (Å²) in [6.07, 6.45) is 2.78. The van der Waals surface area contributed by atoms with Crippen LogP contribution >= 0.6 is 0 Å². The van der Waals surface area contributed by atoms with Gasteiger partial charge in [0.05, 0.1) is 21.9 Å². The van der Waals surface area contributed by atoms with Gasteiger partial charge in [-0.15, -0.1) is 0 Å². The molecular weight excluding hydrogens is 1800 g/mol. The van der Waals surface area contributed by atoms with E-state index in [1.165, 1.54) is 167 Å². The zero-order valence-corrected chi connectivity index (χ0v) is 82.5. The lowest BCUT2D eigenvalue weighted by atomic mass is 9.67. The lowest BCUT2D eigenvalue weighted by Crippen LogP contribution is -2.28. The number of anilines is 3. The molecule has 2 radical (unpaired) electrons. The van der Waals surface area contributed by atoms with E-state index in [1.54, 1.807) is 6.07 Å². The Kier molecular flexibility index (Phi) is 26.5. The highest BCUT2D eigenvalue weighted by Crippen LogP contribution is 2.64. The van der Waals surface area contributed by atoms with Crippen LogP contribution in [0.3, 0.4) is 0 Å². The Morgan fingerprint density at radius 2 is 0.514 bits per heavy atom. The third kappa shape index (κ3) is 18.1. The molecule has 148 heavy (non-hydrogen) atoms. The van der Waals surface area contributed by atoms with E-state index in [2.05, 4.69) is 472 Å². The summed E-state index contributed by atoms with van der Waals surface area (Å²) in [5, 5.41) is 19.9. The van der Waals surface area contributed by atoms with Crippen LogP contribution in [0.15, 0.2) is 558 Å². The zero-order chi connectivity index (χ0) is 99.8. The van der Waals surface area contributed by atoms with Crippen LogP contribution in [0.5, 0.6) is 11.5 Å². The number of fused-ring (bicyclic) bond motifs is 19. The van der Waals surface area contributed by atoms with E-state index < -0.39 is 0 Å². The Balaban J connectivity index is 0.000000104.